The number of hydrogen-bond donors (Lipinski definition) is 1. The molecule has 2 rings (SSSR count). The summed E-state index contributed by atoms with van der Waals surface area (Å²) in [5.74, 6) is -0.674. The van der Waals surface area contributed by atoms with Crippen LogP contribution in [0.5, 0.6) is 0 Å². The van der Waals surface area contributed by atoms with Gasteiger partial charge in [0.15, 0.2) is 5.16 Å². The van der Waals surface area contributed by atoms with Crippen LogP contribution in [0.15, 0.2) is 35.7 Å². The summed E-state index contributed by atoms with van der Waals surface area (Å²) >= 11 is 1.12. The number of aromatic nitrogens is 2. The lowest BCUT2D eigenvalue weighted by molar-refractivity contribution is -0.137. The second-order valence-electron chi connectivity index (χ2n) is 5.46. The van der Waals surface area contributed by atoms with Gasteiger partial charge in [0.1, 0.15) is 6.54 Å². The van der Waals surface area contributed by atoms with E-state index in [0.29, 0.717) is 5.16 Å². The SMILES string of the molecule is Cc1ccc(-n2ccnc2SC(C)C(=O)NCC(F)(F)F)c(C)c1. The van der Waals surface area contributed by atoms with Crippen molar-refractivity contribution in [2.75, 3.05) is 6.54 Å². The fraction of sp³-hybridized carbons (Fsp3) is 0.375. The Bertz CT molecular complexity index is 728. The van der Waals surface area contributed by atoms with E-state index in [2.05, 4.69) is 4.98 Å². The summed E-state index contributed by atoms with van der Waals surface area (Å²) in [4.78, 5) is 16.0. The molecule has 1 unspecified atom stereocenters. The molecule has 0 aliphatic carbocycles. The molecule has 0 aliphatic heterocycles. The van der Waals surface area contributed by atoms with Gasteiger partial charge in [-0.15, -0.1) is 0 Å². The maximum Gasteiger partial charge on any atom is 0.405 e. The van der Waals surface area contributed by atoms with Crippen LogP contribution in [0, 0.1) is 13.8 Å². The van der Waals surface area contributed by atoms with Crippen LogP contribution in [0.1, 0.15) is 18.1 Å². The van der Waals surface area contributed by atoms with Crippen LogP contribution in [-0.4, -0.2) is 33.4 Å². The summed E-state index contributed by atoms with van der Waals surface area (Å²) in [6.45, 7) is 4.18. The van der Waals surface area contributed by atoms with E-state index in [0.717, 1.165) is 28.6 Å². The van der Waals surface area contributed by atoms with Crippen LogP contribution in [-0.2, 0) is 4.79 Å². The number of nitrogens with one attached hydrogen (secondary N) is 1. The molecule has 0 spiro atoms. The molecule has 24 heavy (non-hydrogen) atoms. The monoisotopic (exact) mass is 357 g/mol. The summed E-state index contributed by atoms with van der Waals surface area (Å²) in [7, 11) is 0. The van der Waals surface area contributed by atoms with Gasteiger partial charge < -0.3 is 5.32 Å². The third-order valence-corrected chi connectivity index (χ3v) is 4.41. The number of aryl methyl sites for hydroxylation is 2. The van der Waals surface area contributed by atoms with Gasteiger partial charge in [-0.25, -0.2) is 4.98 Å². The third kappa shape index (κ3) is 4.77. The van der Waals surface area contributed by atoms with Crippen molar-refractivity contribution in [2.24, 2.45) is 0 Å². The van der Waals surface area contributed by atoms with Gasteiger partial charge in [0, 0.05) is 12.4 Å². The van der Waals surface area contributed by atoms with E-state index in [1.807, 2.05) is 41.9 Å². The van der Waals surface area contributed by atoms with Crippen molar-refractivity contribution in [2.45, 2.75) is 37.4 Å². The zero-order chi connectivity index (χ0) is 17.9. The number of carbonyl (C=O) groups excluding carboxylic acids is 1. The number of halogens is 3. The Balaban J connectivity index is 2.11. The summed E-state index contributed by atoms with van der Waals surface area (Å²) < 4.78 is 38.4. The Labute approximate surface area is 142 Å². The zero-order valence-electron chi connectivity index (χ0n) is 13.5. The number of benzene rings is 1. The summed E-state index contributed by atoms with van der Waals surface area (Å²) in [5.41, 5.74) is 3.10. The fourth-order valence-corrected chi connectivity index (χ4v) is 3.08. The minimum atomic E-state index is -4.42. The quantitative estimate of drug-likeness (QED) is 0.831. The lowest BCUT2D eigenvalue weighted by Crippen LogP contribution is -2.38. The van der Waals surface area contributed by atoms with Crippen LogP contribution in [0.25, 0.3) is 5.69 Å². The highest BCUT2D eigenvalue weighted by Crippen LogP contribution is 2.26. The van der Waals surface area contributed by atoms with Crippen molar-refractivity contribution in [1.29, 1.82) is 0 Å². The number of rotatable bonds is 5. The summed E-state index contributed by atoms with van der Waals surface area (Å²) in [6, 6.07) is 5.95. The van der Waals surface area contributed by atoms with Crippen LogP contribution in [0.4, 0.5) is 13.2 Å². The van der Waals surface area contributed by atoms with Crippen molar-refractivity contribution in [3.63, 3.8) is 0 Å². The predicted octanol–water partition coefficient (Wildman–Crippen LogP) is 3.65. The van der Waals surface area contributed by atoms with E-state index >= 15 is 0 Å². The van der Waals surface area contributed by atoms with E-state index in [4.69, 9.17) is 0 Å². The lowest BCUT2D eigenvalue weighted by atomic mass is 10.1. The molecule has 130 valence electrons. The molecule has 1 atom stereocenters. The topological polar surface area (TPSA) is 46.9 Å². The average molecular weight is 357 g/mol. The molecule has 8 heteroatoms. The highest BCUT2D eigenvalue weighted by molar-refractivity contribution is 8.00. The second-order valence-corrected chi connectivity index (χ2v) is 6.77. The maximum absolute atomic E-state index is 12.2. The predicted molar refractivity (Wildman–Crippen MR) is 87.4 cm³/mol. The van der Waals surface area contributed by atoms with Gasteiger partial charge in [0.05, 0.1) is 10.9 Å². The van der Waals surface area contributed by atoms with Crippen LogP contribution >= 0.6 is 11.8 Å². The maximum atomic E-state index is 12.2. The molecule has 0 radical (unpaired) electrons. The Morgan fingerprint density at radius 1 is 1.38 bits per heavy atom. The van der Waals surface area contributed by atoms with Gasteiger partial charge >= 0.3 is 6.18 Å². The Kier molecular flexibility index (Phi) is 5.58. The van der Waals surface area contributed by atoms with E-state index in [1.165, 1.54) is 0 Å². The standard InChI is InChI=1S/C16H18F3N3OS/c1-10-4-5-13(11(2)8-10)22-7-6-20-15(22)24-12(3)14(23)21-9-16(17,18)19/h4-8,12H,9H2,1-3H3,(H,21,23). The van der Waals surface area contributed by atoms with Gasteiger partial charge in [-0.3, -0.25) is 9.36 Å². The first-order valence-electron chi connectivity index (χ1n) is 7.29. The molecule has 0 saturated carbocycles. The number of hydrogen-bond acceptors (Lipinski definition) is 3. The first-order chi connectivity index (χ1) is 11.2. The smallest absolute Gasteiger partial charge is 0.346 e. The molecule has 0 saturated heterocycles. The number of nitrogens with zero attached hydrogens (tertiary/aromatic N) is 2. The van der Waals surface area contributed by atoms with Crippen molar-refractivity contribution in [3.8, 4) is 5.69 Å². The van der Waals surface area contributed by atoms with Crippen LogP contribution < -0.4 is 5.32 Å². The van der Waals surface area contributed by atoms with Crippen LogP contribution in [0.2, 0.25) is 0 Å². The number of imidazole rings is 1. The molecule has 0 aliphatic rings. The molecular weight excluding hydrogens is 339 g/mol. The van der Waals surface area contributed by atoms with Crippen molar-refractivity contribution in [3.05, 3.63) is 41.7 Å². The molecule has 1 N–H and O–H groups in total. The van der Waals surface area contributed by atoms with E-state index in [-0.39, 0.29) is 0 Å². The molecule has 2 aromatic rings. The lowest BCUT2D eigenvalue weighted by Gasteiger charge is -2.15. The van der Waals surface area contributed by atoms with E-state index < -0.39 is 23.9 Å². The highest BCUT2D eigenvalue weighted by atomic mass is 32.2. The van der Waals surface area contributed by atoms with Crippen molar-refractivity contribution in [1.82, 2.24) is 14.9 Å². The molecule has 1 aromatic carbocycles. The third-order valence-electron chi connectivity index (χ3n) is 3.33. The summed E-state index contributed by atoms with van der Waals surface area (Å²) in [6.07, 6.45) is -1.06. The van der Waals surface area contributed by atoms with Crippen molar-refractivity contribution < 1.29 is 18.0 Å². The number of alkyl halides is 3. The zero-order valence-corrected chi connectivity index (χ0v) is 14.3. The summed E-state index contributed by atoms with van der Waals surface area (Å²) in [5, 5.41) is 1.75. The molecule has 0 bridgehead atoms. The second kappa shape index (κ2) is 7.29. The first-order valence-corrected chi connectivity index (χ1v) is 8.17. The largest absolute Gasteiger partial charge is 0.405 e. The Hall–Kier alpha value is -1.96. The van der Waals surface area contributed by atoms with Crippen molar-refractivity contribution >= 4 is 17.7 Å². The number of carbonyl (C=O) groups is 1. The van der Waals surface area contributed by atoms with Gasteiger partial charge in [-0.1, -0.05) is 29.5 Å². The Morgan fingerprint density at radius 3 is 2.71 bits per heavy atom. The minimum Gasteiger partial charge on any atom is -0.346 e. The fourth-order valence-electron chi connectivity index (χ4n) is 2.18. The van der Waals surface area contributed by atoms with E-state index in [1.54, 1.807) is 19.3 Å². The first kappa shape index (κ1) is 18.4. The average Bonchev–Trinajstić information content (AvgIpc) is 2.92. The molecular formula is C16H18F3N3OS. The normalized spacial score (nSPS) is 12.9. The van der Waals surface area contributed by atoms with Gasteiger partial charge in [-0.2, -0.15) is 13.2 Å². The number of thioether (sulfide) groups is 1. The molecule has 0 fully saturated rings. The van der Waals surface area contributed by atoms with E-state index in [9.17, 15) is 18.0 Å². The molecule has 1 heterocycles. The molecule has 1 amide bonds. The number of amides is 1. The van der Waals surface area contributed by atoms with Gasteiger partial charge in [0.2, 0.25) is 5.91 Å². The molecule has 4 nitrogen and oxygen atoms in total. The minimum absolute atomic E-state index is 0.552. The highest BCUT2D eigenvalue weighted by Gasteiger charge is 2.29. The Morgan fingerprint density at radius 2 is 2.08 bits per heavy atom. The van der Waals surface area contributed by atoms with Gasteiger partial charge in [0.25, 0.3) is 0 Å². The van der Waals surface area contributed by atoms with Gasteiger partial charge in [-0.05, 0) is 32.4 Å². The molecule has 1 aromatic heterocycles. The van der Waals surface area contributed by atoms with Crippen LogP contribution in [0.3, 0.4) is 0 Å².